The molecule has 0 saturated carbocycles. The molecule has 0 saturated heterocycles. The van der Waals surface area contributed by atoms with E-state index in [4.69, 9.17) is 4.74 Å². The number of hydrogen-bond acceptors (Lipinski definition) is 8. The average Bonchev–Trinajstić information content (AvgIpc) is 3.10. The topological polar surface area (TPSA) is 93.1 Å². The molecule has 1 amide bonds. The summed E-state index contributed by atoms with van der Waals surface area (Å²) >= 11 is 1.20. The molecule has 0 atom stereocenters. The van der Waals surface area contributed by atoms with E-state index in [0.717, 1.165) is 5.56 Å². The Hall–Kier alpha value is -3.07. The van der Waals surface area contributed by atoms with Crippen LogP contribution in [0.5, 0.6) is 0 Å². The van der Waals surface area contributed by atoms with Gasteiger partial charge in [0.2, 0.25) is 5.13 Å². The van der Waals surface area contributed by atoms with Crippen molar-refractivity contribution in [1.29, 1.82) is 0 Å². The minimum atomic E-state index is -0.510. The van der Waals surface area contributed by atoms with Gasteiger partial charge in [-0.15, -0.1) is 0 Å². The van der Waals surface area contributed by atoms with Crippen LogP contribution in [0.1, 0.15) is 26.3 Å². The average molecular weight is 398 g/mol. The van der Waals surface area contributed by atoms with E-state index < -0.39 is 11.6 Å². The van der Waals surface area contributed by atoms with E-state index in [9.17, 15) is 4.79 Å². The number of pyridine rings is 2. The summed E-state index contributed by atoms with van der Waals surface area (Å²) in [5.74, 6) is 1.03. The molecule has 146 valence electrons. The molecular formula is C19H22N6O2S. The second-order valence-corrected chi connectivity index (χ2v) is 7.87. The summed E-state index contributed by atoms with van der Waals surface area (Å²) in [7, 11) is 1.36. The first kappa shape index (κ1) is 19.7. The highest BCUT2D eigenvalue weighted by Gasteiger charge is 2.31. The zero-order valence-corrected chi connectivity index (χ0v) is 17.2. The van der Waals surface area contributed by atoms with Gasteiger partial charge in [-0.1, -0.05) is 0 Å². The zero-order valence-electron chi connectivity index (χ0n) is 16.4. The van der Waals surface area contributed by atoms with Crippen LogP contribution < -0.4 is 10.2 Å². The third kappa shape index (κ3) is 4.25. The van der Waals surface area contributed by atoms with Crippen molar-refractivity contribution in [3.8, 4) is 11.5 Å². The second-order valence-electron chi connectivity index (χ2n) is 7.11. The van der Waals surface area contributed by atoms with Crippen molar-refractivity contribution in [2.75, 3.05) is 17.3 Å². The lowest BCUT2D eigenvalue weighted by molar-refractivity contribution is 0.172. The van der Waals surface area contributed by atoms with Crippen LogP contribution in [0.15, 0.2) is 36.7 Å². The summed E-state index contributed by atoms with van der Waals surface area (Å²) in [6, 6.07) is 7.42. The number of aryl methyl sites for hydroxylation is 1. The van der Waals surface area contributed by atoms with Gasteiger partial charge < -0.3 is 10.1 Å². The van der Waals surface area contributed by atoms with Crippen molar-refractivity contribution in [2.45, 2.75) is 33.2 Å². The van der Waals surface area contributed by atoms with Crippen molar-refractivity contribution < 1.29 is 9.53 Å². The molecule has 8 nitrogen and oxygen atoms in total. The maximum absolute atomic E-state index is 12.4. The van der Waals surface area contributed by atoms with Crippen molar-refractivity contribution in [3.63, 3.8) is 0 Å². The quantitative estimate of drug-likeness (QED) is 0.695. The normalized spacial score (nSPS) is 11.2. The summed E-state index contributed by atoms with van der Waals surface area (Å²) < 4.78 is 9.34. The van der Waals surface area contributed by atoms with Gasteiger partial charge in [0.05, 0.1) is 12.8 Å². The fourth-order valence-corrected chi connectivity index (χ4v) is 3.21. The van der Waals surface area contributed by atoms with E-state index >= 15 is 0 Å². The molecule has 0 fully saturated rings. The Kier molecular flexibility index (Phi) is 5.55. The number of hydrogen-bond donors (Lipinski definition) is 1. The Morgan fingerprint density at radius 1 is 1.21 bits per heavy atom. The molecule has 0 bridgehead atoms. The predicted molar refractivity (Wildman–Crippen MR) is 110 cm³/mol. The van der Waals surface area contributed by atoms with Gasteiger partial charge in [0, 0.05) is 29.5 Å². The Bertz CT molecular complexity index is 982. The number of amides is 1. The molecule has 1 N–H and O–H groups in total. The molecule has 0 unspecified atom stereocenters. The lowest BCUT2D eigenvalue weighted by atomic mass is 10.1. The fraction of sp³-hybridized carbons (Fsp3) is 0.316. The van der Waals surface area contributed by atoms with Crippen LogP contribution in [0.3, 0.4) is 0 Å². The minimum Gasteiger partial charge on any atom is -0.452 e. The van der Waals surface area contributed by atoms with Gasteiger partial charge in [0.15, 0.2) is 11.6 Å². The van der Waals surface area contributed by atoms with Crippen LogP contribution in [-0.2, 0) is 4.74 Å². The number of nitrogens with one attached hydrogen (secondary N) is 1. The standard InChI is InChI=1S/C19H22N6O2S/c1-12-8-10-20-13(11-12)15-22-17(28-24-15)23-16-14(7-6-9-21-16)25(18(26)27-5)19(2,3)4/h6-11H,1-5H3,(H,21,22,23,24). The zero-order chi connectivity index (χ0) is 20.3. The summed E-state index contributed by atoms with van der Waals surface area (Å²) in [5, 5.41) is 3.72. The van der Waals surface area contributed by atoms with Crippen molar-refractivity contribution in [2.24, 2.45) is 0 Å². The SMILES string of the molecule is COC(=O)N(c1cccnc1Nc1nc(-c2cc(C)ccn2)ns1)C(C)(C)C. The van der Waals surface area contributed by atoms with E-state index in [0.29, 0.717) is 28.2 Å². The number of ether oxygens (including phenoxy) is 1. The van der Waals surface area contributed by atoms with Crippen molar-refractivity contribution in [3.05, 3.63) is 42.2 Å². The molecule has 3 rings (SSSR count). The van der Waals surface area contributed by atoms with Crippen LogP contribution >= 0.6 is 11.5 Å². The van der Waals surface area contributed by atoms with Crippen LogP contribution in [-0.4, -0.2) is 38.1 Å². The van der Waals surface area contributed by atoms with Gasteiger partial charge in [0.25, 0.3) is 0 Å². The first-order valence-electron chi connectivity index (χ1n) is 8.66. The van der Waals surface area contributed by atoms with Crippen molar-refractivity contribution in [1.82, 2.24) is 19.3 Å². The lowest BCUT2D eigenvalue weighted by Gasteiger charge is -2.34. The van der Waals surface area contributed by atoms with E-state index in [2.05, 4.69) is 24.6 Å². The molecule has 0 radical (unpaired) electrons. The second kappa shape index (κ2) is 7.89. The van der Waals surface area contributed by atoms with Crippen LogP contribution in [0.25, 0.3) is 11.5 Å². The van der Waals surface area contributed by atoms with E-state index in [1.165, 1.54) is 18.6 Å². The van der Waals surface area contributed by atoms with Crippen LogP contribution in [0.4, 0.5) is 21.4 Å². The van der Waals surface area contributed by atoms with Crippen molar-refractivity contribution >= 4 is 34.3 Å². The number of carbonyl (C=O) groups is 1. The van der Waals surface area contributed by atoms with Gasteiger partial charge in [-0.2, -0.15) is 9.36 Å². The number of methoxy groups -OCH3 is 1. The summed E-state index contributed by atoms with van der Waals surface area (Å²) in [6.45, 7) is 7.76. The largest absolute Gasteiger partial charge is 0.452 e. The monoisotopic (exact) mass is 398 g/mol. The molecule has 3 aromatic heterocycles. The number of anilines is 3. The molecule has 0 aliphatic carbocycles. The molecule has 9 heteroatoms. The third-order valence-electron chi connectivity index (χ3n) is 3.85. The molecule has 0 aliphatic heterocycles. The molecule has 3 aromatic rings. The molecule has 0 aliphatic rings. The highest BCUT2D eigenvalue weighted by molar-refractivity contribution is 7.09. The maximum atomic E-state index is 12.4. The molecule has 0 aromatic carbocycles. The molecular weight excluding hydrogens is 376 g/mol. The Morgan fingerprint density at radius 3 is 2.68 bits per heavy atom. The highest BCUT2D eigenvalue weighted by Crippen LogP contribution is 2.33. The molecule has 3 heterocycles. The first-order chi connectivity index (χ1) is 13.3. The molecule has 28 heavy (non-hydrogen) atoms. The van der Waals surface area contributed by atoms with Gasteiger partial charge in [-0.25, -0.2) is 9.78 Å². The Morgan fingerprint density at radius 2 is 2.00 bits per heavy atom. The number of carbonyl (C=O) groups excluding carboxylic acids is 1. The van der Waals surface area contributed by atoms with E-state index in [1.54, 1.807) is 23.4 Å². The fourth-order valence-electron chi connectivity index (χ4n) is 2.64. The first-order valence-corrected chi connectivity index (χ1v) is 9.44. The summed E-state index contributed by atoms with van der Waals surface area (Å²) in [5.41, 5.74) is 1.87. The predicted octanol–water partition coefficient (Wildman–Crippen LogP) is 4.42. The highest BCUT2D eigenvalue weighted by atomic mass is 32.1. The smallest absolute Gasteiger partial charge is 0.414 e. The van der Waals surface area contributed by atoms with Crippen LogP contribution in [0, 0.1) is 6.92 Å². The molecule has 0 spiro atoms. The van der Waals surface area contributed by atoms with Gasteiger partial charge in [0.1, 0.15) is 5.69 Å². The maximum Gasteiger partial charge on any atom is 0.414 e. The summed E-state index contributed by atoms with van der Waals surface area (Å²) in [6.07, 6.45) is 2.91. The van der Waals surface area contributed by atoms with E-state index in [1.807, 2.05) is 45.9 Å². The van der Waals surface area contributed by atoms with E-state index in [-0.39, 0.29) is 0 Å². The van der Waals surface area contributed by atoms with Crippen LogP contribution in [0.2, 0.25) is 0 Å². The summed E-state index contributed by atoms with van der Waals surface area (Å²) in [4.78, 5) is 27.1. The Labute approximate surface area is 167 Å². The number of nitrogens with zero attached hydrogens (tertiary/aromatic N) is 5. The minimum absolute atomic E-state index is 0.467. The lowest BCUT2D eigenvalue weighted by Crippen LogP contribution is -2.46. The Balaban J connectivity index is 1.93. The van der Waals surface area contributed by atoms with Gasteiger partial charge in [-0.05, 0) is 57.5 Å². The van der Waals surface area contributed by atoms with Gasteiger partial charge in [-0.3, -0.25) is 9.88 Å². The number of rotatable bonds is 4. The number of aromatic nitrogens is 4. The third-order valence-corrected chi connectivity index (χ3v) is 4.48. The van der Waals surface area contributed by atoms with Gasteiger partial charge >= 0.3 is 6.09 Å².